The zero-order valence-corrected chi connectivity index (χ0v) is 20.9. The van der Waals surface area contributed by atoms with Crippen molar-refractivity contribution >= 4 is 28.4 Å². The van der Waals surface area contributed by atoms with Gasteiger partial charge in [0.25, 0.3) is 11.5 Å². The SMILES string of the molecule is CNC(=O)c1ccc(Cn2c(=O)c3cc(OC)c(OC)cc3n(CC(=O)Nc3cccc(F)c3)c2=O)cc1. The van der Waals surface area contributed by atoms with E-state index in [4.69, 9.17) is 9.47 Å². The summed E-state index contributed by atoms with van der Waals surface area (Å²) < 4.78 is 26.4. The Bertz CT molecular complexity index is 1640. The number of halogens is 1. The highest BCUT2D eigenvalue weighted by Gasteiger charge is 2.19. The lowest BCUT2D eigenvalue weighted by atomic mass is 10.1. The Morgan fingerprint density at radius 3 is 2.24 bits per heavy atom. The fraction of sp³-hybridized carbons (Fsp3) is 0.185. The first kappa shape index (κ1) is 26.1. The molecule has 1 aromatic heterocycles. The van der Waals surface area contributed by atoms with E-state index in [2.05, 4.69) is 10.6 Å². The second-order valence-corrected chi connectivity index (χ2v) is 8.32. The summed E-state index contributed by atoms with van der Waals surface area (Å²) in [5.74, 6) is -0.868. The predicted octanol–water partition coefficient (Wildman–Crippen LogP) is 2.37. The van der Waals surface area contributed by atoms with Crippen LogP contribution in [-0.2, 0) is 17.9 Å². The fourth-order valence-electron chi connectivity index (χ4n) is 4.03. The van der Waals surface area contributed by atoms with Gasteiger partial charge in [-0.25, -0.2) is 9.18 Å². The molecule has 10 nitrogen and oxygen atoms in total. The number of ether oxygens (including phenoxy) is 2. The maximum atomic E-state index is 13.6. The van der Waals surface area contributed by atoms with Crippen molar-refractivity contribution in [2.75, 3.05) is 26.6 Å². The molecule has 4 rings (SSSR count). The van der Waals surface area contributed by atoms with Crippen molar-refractivity contribution in [2.24, 2.45) is 0 Å². The Morgan fingerprint density at radius 1 is 0.921 bits per heavy atom. The number of anilines is 1. The number of fused-ring (bicyclic) bond motifs is 1. The zero-order chi connectivity index (χ0) is 27.4. The molecule has 0 saturated carbocycles. The topological polar surface area (TPSA) is 121 Å². The van der Waals surface area contributed by atoms with Crippen LogP contribution in [0.2, 0.25) is 0 Å². The first-order valence-corrected chi connectivity index (χ1v) is 11.5. The zero-order valence-electron chi connectivity index (χ0n) is 20.9. The van der Waals surface area contributed by atoms with E-state index in [1.165, 1.54) is 51.6 Å². The van der Waals surface area contributed by atoms with Crippen LogP contribution in [0.5, 0.6) is 11.5 Å². The van der Waals surface area contributed by atoms with Crippen LogP contribution in [0.4, 0.5) is 10.1 Å². The Kier molecular flexibility index (Phi) is 7.56. The number of nitrogens with zero attached hydrogens (tertiary/aromatic N) is 2. The molecular weight excluding hydrogens is 495 g/mol. The van der Waals surface area contributed by atoms with Gasteiger partial charge in [0.2, 0.25) is 5.91 Å². The molecule has 0 atom stereocenters. The molecule has 11 heteroatoms. The van der Waals surface area contributed by atoms with E-state index in [1.807, 2.05) is 0 Å². The fourth-order valence-corrected chi connectivity index (χ4v) is 4.03. The standard InChI is InChI=1S/C27H25FN4O6/c1-29-25(34)17-9-7-16(8-10-17)14-32-26(35)20-12-22(37-2)23(38-3)13-21(20)31(27(32)36)15-24(33)30-19-6-4-5-18(28)11-19/h4-13H,14-15H2,1-3H3,(H,29,34)(H,30,33). The number of benzene rings is 3. The van der Waals surface area contributed by atoms with Gasteiger partial charge in [-0.1, -0.05) is 18.2 Å². The molecule has 3 aromatic carbocycles. The number of rotatable bonds is 8. The van der Waals surface area contributed by atoms with Crippen LogP contribution in [-0.4, -0.2) is 42.2 Å². The lowest BCUT2D eigenvalue weighted by molar-refractivity contribution is -0.116. The molecule has 0 radical (unpaired) electrons. The van der Waals surface area contributed by atoms with E-state index in [0.29, 0.717) is 11.1 Å². The van der Waals surface area contributed by atoms with E-state index in [-0.39, 0.29) is 40.5 Å². The molecular formula is C27H25FN4O6. The number of amides is 2. The van der Waals surface area contributed by atoms with Crippen LogP contribution in [0.15, 0.2) is 70.3 Å². The van der Waals surface area contributed by atoms with E-state index in [0.717, 1.165) is 15.2 Å². The van der Waals surface area contributed by atoms with Crippen LogP contribution in [0.3, 0.4) is 0 Å². The number of methoxy groups -OCH3 is 2. The minimum absolute atomic E-state index is 0.110. The van der Waals surface area contributed by atoms with Gasteiger partial charge in [0.15, 0.2) is 11.5 Å². The van der Waals surface area contributed by atoms with Crippen molar-refractivity contribution in [3.05, 3.63) is 98.4 Å². The van der Waals surface area contributed by atoms with Crippen molar-refractivity contribution in [3.63, 3.8) is 0 Å². The maximum absolute atomic E-state index is 13.6. The summed E-state index contributed by atoms with van der Waals surface area (Å²) in [7, 11) is 4.34. The van der Waals surface area contributed by atoms with Crippen molar-refractivity contribution < 1.29 is 23.5 Å². The molecule has 0 bridgehead atoms. The second kappa shape index (κ2) is 11.0. The third kappa shape index (κ3) is 5.26. The number of carbonyl (C=O) groups is 2. The molecule has 0 saturated heterocycles. The molecule has 2 amide bonds. The van der Waals surface area contributed by atoms with Gasteiger partial charge in [-0.2, -0.15) is 0 Å². The molecule has 4 aromatic rings. The normalized spacial score (nSPS) is 10.7. The molecule has 1 heterocycles. The molecule has 0 spiro atoms. The van der Waals surface area contributed by atoms with E-state index >= 15 is 0 Å². The lowest BCUT2D eigenvalue weighted by Crippen LogP contribution is -2.42. The van der Waals surface area contributed by atoms with Gasteiger partial charge >= 0.3 is 5.69 Å². The van der Waals surface area contributed by atoms with Gasteiger partial charge in [-0.15, -0.1) is 0 Å². The Labute approximate surface area is 216 Å². The van der Waals surface area contributed by atoms with Crippen LogP contribution >= 0.6 is 0 Å². The van der Waals surface area contributed by atoms with Gasteiger partial charge in [0, 0.05) is 24.4 Å². The maximum Gasteiger partial charge on any atom is 0.332 e. The van der Waals surface area contributed by atoms with Gasteiger partial charge in [0.05, 0.1) is 31.7 Å². The van der Waals surface area contributed by atoms with E-state index in [9.17, 15) is 23.6 Å². The minimum Gasteiger partial charge on any atom is -0.493 e. The van der Waals surface area contributed by atoms with E-state index < -0.39 is 29.5 Å². The molecule has 38 heavy (non-hydrogen) atoms. The van der Waals surface area contributed by atoms with Crippen LogP contribution in [0.25, 0.3) is 10.9 Å². The van der Waals surface area contributed by atoms with Crippen molar-refractivity contribution in [3.8, 4) is 11.5 Å². The summed E-state index contributed by atoms with van der Waals surface area (Å²) in [6.07, 6.45) is 0. The molecule has 0 aliphatic rings. The minimum atomic E-state index is -0.737. The highest BCUT2D eigenvalue weighted by atomic mass is 19.1. The van der Waals surface area contributed by atoms with Gasteiger partial charge in [-0.3, -0.25) is 23.5 Å². The number of nitrogens with one attached hydrogen (secondary N) is 2. The Morgan fingerprint density at radius 2 is 1.61 bits per heavy atom. The average Bonchev–Trinajstić information content (AvgIpc) is 2.92. The number of hydrogen-bond acceptors (Lipinski definition) is 6. The van der Waals surface area contributed by atoms with Gasteiger partial charge in [0.1, 0.15) is 12.4 Å². The summed E-state index contributed by atoms with van der Waals surface area (Å²) in [6, 6.07) is 14.7. The third-order valence-corrected chi connectivity index (χ3v) is 5.92. The van der Waals surface area contributed by atoms with Gasteiger partial charge < -0.3 is 20.1 Å². The summed E-state index contributed by atoms with van der Waals surface area (Å²) in [5, 5.41) is 5.21. The monoisotopic (exact) mass is 520 g/mol. The van der Waals surface area contributed by atoms with E-state index in [1.54, 1.807) is 24.3 Å². The molecule has 0 aliphatic carbocycles. The summed E-state index contributed by atoms with van der Waals surface area (Å²) >= 11 is 0. The third-order valence-electron chi connectivity index (χ3n) is 5.92. The summed E-state index contributed by atoms with van der Waals surface area (Å²) in [6.45, 7) is -0.571. The van der Waals surface area contributed by atoms with Gasteiger partial charge in [-0.05, 0) is 42.0 Å². The van der Waals surface area contributed by atoms with Crippen LogP contribution in [0.1, 0.15) is 15.9 Å². The Balaban J connectivity index is 1.82. The first-order chi connectivity index (χ1) is 18.2. The quantitative estimate of drug-likeness (QED) is 0.368. The largest absolute Gasteiger partial charge is 0.493 e. The average molecular weight is 521 g/mol. The van der Waals surface area contributed by atoms with Crippen molar-refractivity contribution in [1.29, 1.82) is 0 Å². The molecule has 2 N–H and O–H groups in total. The highest BCUT2D eigenvalue weighted by molar-refractivity contribution is 5.94. The molecule has 0 aliphatic heterocycles. The predicted molar refractivity (Wildman–Crippen MR) is 140 cm³/mol. The number of aromatic nitrogens is 2. The van der Waals surface area contributed by atoms with Crippen LogP contribution in [0, 0.1) is 5.82 Å². The van der Waals surface area contributed by atoms with Crippen molar-refractivity contribution in [2.45, 2.75) is 13.1 Å². The molecule has 196 valence electrons. The molecule has 0 fully saturated rings. The smallest absolute Gasteiger partial charge is 0.332 e. The Hall–Kier alpha value is -4.93. The van der Waals surface area contributed by atoms with Crippen molar-refractivity contribution in [1.82, 2.24) is 14.5 Å². The first-order valence-electron chi connectivity index (χ1n) is 11.5. The molecule has 0 unspecified atom stereocenters. The number of hydrogen-bond donors (Lipinski definition) is 2. The number of carbonyl (C=O) groups excluding carboxylic acids is 2. The summed E-state index contributed by atoms with van der Waals surface area (Å²) in [5.41, 5.74) is 0.0646. The second-order valence-electron chi connectivity index (χ2n) is 8.32. The lowest BCUT2D eigenvalue weighted by Gasteiger charge is -2.16. The van der Waals surface area contributed by atoms with Crippen LogP contribution < -0.4 is 31.4 Å². The highest BCUT2D eigenvalue weighted by Crippen LogP contribution is 2.30. The summed E-state index contributed by atoms with van der Waals surface area (Å²) in [4.78, 5) is 51.8.